The predicted octanol–water partition coefficient (Wildman–Crippen LogP) is 2.13. The fourth-order valence-electron chi connectivity index (χ4n) is 4.46. The number of aryl methyl sites for hydroxylation is 1. The molecule has 2 aliphatic carbocycles. The standard InChI is InChI=1S/C18H28N4O2/c1-21-16(15(10-20-21)13-5-6-13)11-19-17(23)22-9-8-18(24)7-3-2-4-14(18)12-22/h10,13-14,24H,2-9,11-12H2,1H3,(H,19,23). The van der Waals surface area contributed by atoms with Crippen molar-refractivity contribution in [2.45, 2.75) is 63.0 Å². The van der Waals surface area contributed by atoms with E-state index in [1.54, 1.807) is 0 Å². The minimum atomic E-state index is -0.532. The molecule has 3 fully saturated rings. The van der Waals surface area contributed by atoms with Gasteiger partial charge in [-0.2, -0.15) is 5.10 Å². The van der Waals surface area contributed by atoms with Gasteiger partial charge in [0.2, 0.25) is 0 Å². The summed E-state index contributed by atoms with van der Waals surface area (Å²) < 4.78 is 1.88. The Bertz CT molecular complexity index is 625. The molecule has 1 aromatic rings. The number of carbonyl (C=O) groups excluding carboxylic acids is 1. The molecule has 6 heteroatoms. The summed E-state index contributed by atoms with van der Waals surface area (Å²) >= 11 is 0. The van der Waals surface area contributed by atoms with Crippen molar-refractivity contribution in [2.24, 2.45) is 13.0 Å². The summed E-state index contributed by atoms with van der Waals surface area (Å²) in [6.07, 6.45) is 9.34. The SMILES string of the molecule is Cn1ncc(C2CC2)c1CNC(=O)N1CCC2(O)CCCCC2C1. The average Bonchev–Trinajstić information content (AvgIpc) is 3.35. The van der Waals surface area contributed by atoms with Crippen molar-refractivity contribution in [3.05, 3.63) is 17.5 Å². The Hall–Kier alpha value is -1.56. The van der Waals surface area contributed by atoms with Gasteiger partial charge in [-0.15, -0.1) is 0 Å². The lowest BCUT2D eigenvalue weighted by atomic mass is 9.71. The molecule has 24 heavy (non-hydrogen) atoms. The number of nitrogens with zero attached hydrogens (tertiary/aromatic N) is 3. The van der Waals surface area contributed by atoms with Crippen LogP contribution in [0.2, 0.25) is 0 Å². The zero-order valence-electron chi connectivity index (χ0n) is 14.5. The van der Waals surface area contributed by atoms with Gasteiger partial charge >= 0.3 is 6.03 Å². The summed E-state index contributed by atoms with van der Waals surface area (Å²) in [5.41, 5.74) is 1.88. The summed E-state index contributed by atoms with van der Waals surface area (Å²) in [6.45, 7) is 1.87. The molecule has 1 aromatic heterocycles. The molecule has 4 rings (SSSR count). The third-order valence-corrected chi connectivity index (χ3v) is 6.23. The van der Waals surface area contributed by atoms with E-state index < -0.39 is 5.60 Å². The van der Waals surface area contributed by atoms with E-state index in [1.165, 1.54) is 24.8 Å². The van der Waals surface area contributed by atoms with Gasteiger partial charge < -0.3 is 15.3 Å². The average molecular weight is 332 g/mol. The minimum Gasteiger partial charge on any atom is -0.389 e. The number of hydrogen-bond acceptors (Lipinski definition) is 3. The lowest BCUT2D eigenvalue weighted by Gasteiger charge is -2.47. The van der Waals surface area contributed by atoms with Crippen LogP contribution in [0.4, 0.5) is 4.79 Å². The number of fused-ring (bicyclic) bond motifs is 1. The van der Waals surface area contributed by atoms with Crippen molar-refractivity contribution in [3.8, 4) is 0 Å². The van der Waals surface area contributed by atoms with Gasteiger partial charge in [-0.3, -0.25) is 4.68 Å². The van der Waals surface area contributed by atoms with Crippen molar-refractivity contribution >= 4 is 6.03 Å². The van der Waals surface area contributed by atoms with Crippen LogP contribution in [0.25, 0.3) is 0 Å². The van der Waals surface area contributed by atoms with Gasteiger partial charge in [0.25, 0.3) is 0 Å². The molecule has 2 saturated carbocycles. The molecule has 0 aromatic carbocycles. The van der Waals surface area contributed by atoms with Crippen molar-refractivity contribution in [1.29, 1.82) is 0 Å². The number of piperidine rings is 1. The van der Waals surface area contributed by atoms with Crippen LogP contribution in [0.1, 0.15) is 62.1 Å². The molecular formula is C18H28N4O2. The first kappa shape index (κ1) is 15.9. The first-order valence-electron chi connectivity index (χ1n) is 9.33. The van der Waals surface area contributed by atoms with Crippen molar-refractivity contribution < 1.29 is 9.90 Å². The highest BCUT2D eigenvalue weighted by atomic mass is 16.3. The Morgan fingerprint density at radius 3 is 3.00 bits per heavy atom. The Balaban J connectivity index is 1.36. The molecule has 0 bridgehead atoms. The van der Waals surface area contributed by atoms with Crippen molar-refractivity contribution in [3.63, 3.8) is 0 Å². The van der Waals surface area contributed by atoms with Gasteiger partial charge in [-0.1, -0.05) is 12.8 Å². The quantitative estimate of drug-likeness (QED) is 0.891. The number of amides is 2. The Kier molecular flexibility index (Phi) is 4.03. The van der Waals surface area contributed by atoms with E-state index in [1.807, 2.05) is 22.8 Å². The predicted molar refractivity (Wildman–Crippen MR) is 90.5 cm³/mol. The van der Waals surface area contributed by atoms with E-state index in [9.17, 15) is 9.90 Å². The van der Waals surface area contributed by atoms with Crippen LogP contribution in [0.3, 0.4) is 0 Å². The number of rotatable bonds is 3. The van der Waals surface area contributed by atoms with Gasteiger partial charge in [0.05, 0.1) is 24.0 Å². The topological polar surface area (TPSA) is 70.4 Å². The first-order valence-corrected chi connectivity index (χ1v) is 9.33. The van der Waals surface area contributed by atoms with Gasteiger partial charge in [0.15, 0.2) is 0 Å². The maximum atomic E-state index is 12.6. The normalized spacial score (nSPS) is 30.1. The summed E-state index contributed by atoms with van der Waals surface area (Å²) in [5.74, 6) is 0.877. The minimum absolute atomic E-state index is 0.00873. The molecule has 1 aliphatic heterocycles. The van der Waals surface area contributed by atoms with Gasteiger partial charge in [-0.25, -0.2) is 4.79 Å². The zero-order valence-corrected chi connectivity index (χ0v) is 14.5. The van der Waals surface area contributed by atoms with Crippen LogP contribution in [-0.2, 0) is 13.6 Å². The van der Waals surface area contributed by atoms with E-state index in [2.05, 4.69) is 10.4 Å². The largest absolute Gasteiger partial charge is 0.389 e. The fourth-order valence-corrected chi connectivity index (χ4v) is 4.46. The third-order valence-electron chi connectivity index (χ3n) is 6.23. The van der Waals surface area contributed by atoms with Crippen molar-refractivity contribution in [1.82, 2.24) is 20.0 Å². The van der Waals surface area contributed by atoms with E-state index in [-0.39, 0.29) is 11.9 Å². The number of aromatic nitrogens is 2. The molecular weight excluding hydrogens is 304 g/mol. The summed E-state index contributed by atoms with van der Waals surface area (Å²) in [4.78, 5) is 14.5. The first-order chi connectivity index (χ1) is 11.6. The second-order valence-electron chi connectivity index (χ2n) is 7.85. The zero-order chi connectivity index (χ0) is 16.7. The molecule has 6 nitrogen and oxygen atoms in total. The van der Waals surface area contributed by atoms with E-state index in [0.29, 0.717) is 32.0 Å². The Morgan fingerprint density at radius 1 is 1.38 bits per heavy atom. The van der Waals surface area contributed by atoms with Gasteiger partial charge in [-0.05, 0) is 43.6 Å². The second-order valence-corrected chi connectivity index (χ2v) is 7.85. The highest BCUT2D eigenvalue weighted by Gasteiger charge is 2.43. The molecule has 1 saturated heterocycles. The van der Waals surface area contributed by atoms with Crippen LogP contribution in [-0.4, -0.2) is 44.5 Å². The number of aliphatic hydroxyl groups is 1. The van der Waals surface area contributed by atoms with Gasteiger partial charge in [0, 0.05) is 26.1 Å². The highest BCUT2D eigenvalue weighted by Crippen LogP contribution is 2.42. The lowest BCUT2D eigenvalue weighted by Crippen LogP contribution is -2.56. The Labute approximate surface area is 143 Å². The van der Waals surface area contributed by atoms with Gasteiger partial charge in [0.1, 0.15) is 0 Å². The summed E-state index contributed by atoms with van der Waals surface area (Å²) in [6, 6.07) is -0.00873. The van der Waals surface area contributed by atoms with Crippen molar-refractivity contribution in [2.75, 3.05) is 13.1 Å². The number of likely N-dealkylation sites (tertiary alicyclic amines) is 1. The molecule has 0 spiro atoms. The van der Waals surface area contributed by atoms with E-state index >= 15 is 0 Å². The molecule has 2 N–H and O–H groups in total. The number of carbonyl (C=O) groups is 1. The number of hydrogen-bond donors (Lipinski definition) is 2. The monoisotopic (exact) mass is 332 g/mol. The Morgan fingerprint density at radius 2 is 2.21 bits per heavy atom. The molecule has 2 atom stereocenters. The molecule has 2 heterocycles. The second kappa shape index (κ2) is 6.06. The van der Waals surface area contributed by atoms with E-state index in [4.69, 9.17) is 0 Å². The number of urea groups is 1. The number of nitrogens with one attached hydrogen (secondary N) is 1. The molecule has 2 unspecified atom stereocenters. The smallest absolute Gasteiger partial charge is 0.317 e. The van der Waals surface area contributed by atoms with Crippen LogP contribution < -0.4 is 5.32 Å². The third kappa shape index (κ3) is 2.92. The van der Waals surface area contributed by atoms with Crippen LogP contribution in [0.15, 0.2) is 6.20 Å². The van der Waals surface area contributed by atoms with Crippen LogP contribution in [0.5, 0.6) is 0 Å². The maximum Gasteiger partial charge on any atom is 0.317 e. The molecule has 132 valence electrons. The summed E-state index contributed by atoms with van der Waals surface area (Å²) in [5, 5.41) is 18.2. The van der Waals surface area contributed by atoms with Crippen LogP contribution >= 0.6 is 0 Å². The maximum absolute atomic E-state index is 12.6. The van der Waals surface area contributed by atoms with Crippen LogP contribution in [0, 0.1) is 5.92 Å². The fraction of sp³-hybridized carbons (Fsp3) is 0.778. The molecule has 0 radical (unpaired) electrons. The highest BCUT2D eigenvalue weighted by molar-refractivity contribution is 5.74. The van der Waals surface area contributed by atoms with E-state index in [0.717, 1.165) is 25.0 Å². The molecule has 3 aliphatic rings. The molecule has 2 amide bonds. The summed E-state index contributed by atoms with van der Waals surface area (Å²) in [7, 11) is 1.94. The lowest BCUT2D eigenvalue weighted by molar-refractivity contribution is -0.0870.